The molecule has 11 heavy (non-hydrogen) atoms. The highest BCUT2D eigenvalue weighted by Crippen LogP contribution is 1.99. The monoisotopic (exact) mass is 157 g/mol. The van der Waals surface area contributed by atoms with E-state index in [0.717, 1.165) is 31.8 Å². The first kappa shape index (κ1) is 10.5. The molecule has 0 bridgehead atoms. The van der Waals surface area contributed by atoms with Crippen molar-refractivity contribution in [2.24, 2.45) is 0 Å². The zero-order valence-corrected chi connectivity index (χ0v) is 7.89. The van der Waals surface area contributed by atoms with Crippen molar-refractivity contribution in [2.75, 3.05) is 27.2 Å². The highest BCUT2D eigenvalue weighted by molar-refractivity contribution is 4.79. The molecule has 0 spiro atoms. The molecular formula is C9H19NO. The minimum Gasteiger partial charge on any atom is -0.499 e. The van der Waals surface area contributed by atoms with Crippen molar-refractivity contribution in [3.05, 3.63) is 12.3 Å². The van der Waals surface area contributed by atoms with E-state index in [0.29, 0.717) is 0 Å². The van der Waals surface area contributed by atoms with Crippen molar-refractivity contribution < 1.29 is 4.74 Å². The highest BCUT2D eigenvalue weighted by Gasteiger charge is 1.92. The molecule has 0 saturated heterocycles. The van der Waals surface area contributed by atoms with Crippen molar-refractivity contribution in [1.29, 1.82) is 0 Å². The molecule has 0 aliphatic heterocycles. The second-order valence-electron chi connectivity index (χ2n) is 2.90. The van der Waals surface area contributed by atoms with E-state index in [1.807, 2.05) is 6.92 Å². The molecule has 0 heterocycles. The Morgan fingerprint density at radius 2 is 2.09 bits per heavy atom. The van der Waals surface area contributed by atoms with Crippen LogP contribution in [0.15, 0.2) is 12.3 Å². The number of allylic oxidation sites excluding steroid dienone is 1. The maximum absolute atomic E-state index is 5.32. The molecule has 0 N–H and O–H groups in total. The molecule has 0 aromatic heterocycles. The smallest absolute Gasteiger partial charge is 0.0889 e. The number of nitrogens with zero attached hydrogens (tertiary/aromatic N) is 1. The van der Waals surface area contributed by atoms with Crippen LogP contribution in [0.2, 0.25) is 0 Å². The van der Waals surface area contributed by atoms with Gasteiger partial charge in [0.15, 0.2) is 0 Å². The average molecular weight is 157 g/mol. The van der Waals surface area contributed by atoms with Crippen LogP contribution in [0.25, 0.3) is 0 Å². The summed E-state index contributed by atoms with van der Waals surface area (Å²) in [5.74, 6) is 0.892. The summed E-state index contributed by atoms with van der Waals surface area (Å²) in [6.45, 7) is 7.68. The van der Waals surface area contributed by atoms with Crippen LogP contribution in [0.1, 0.15) is 19.8 Å². The number of hydrogen-bond acceptors (Lipinski definition) is 2. The SMILES string of the molecule is C=C(CC)OCCCN(C)C. The van der Waals surface area contributed by atoms with Crippen molar-refractivity contribution in [1.82, 2.24) is 4.90 Å². The lowest BCUT2D eigenvalue weighted by molar-refractivity contribution is 0.191. The highest BCUT2D eigenvalue weighted by atomic mass is 16.5. The van der Waals surface area contributed by atoms with Crippen LogP contribution >= 0.6 is 0 Å². The number of rotatable bonds is 6. The summed E-state index contributed by atoms with van der Waals surface area (Å²) in [5, 5.41) is 0. The van der Waals surface area contributed by atoms with Crippen LogP contribution in [-0.2, 0) is 4.74 Å². The van der Waals surface area contributed by atoms with Gasteiger partial charge in [-0.3, -0.25) is 0 Å². The van der Waals surface area contributed by atoms with Gasteiger partial charge in [0.25, 0.3) is 0 Å². The second kappa shape index (κ2) is 6.23. The van der Waals surface area contributed by atoms with E-state index < -0.39 is 0 Å². The quantitative estimate of drug-likeness (QED) is 0.431. The second-order valence-corrected chi connectivity index (χ2v) is 2.90. The van der Waals surface area contributed by atoms with Gasteiger partial charge in [0.1, 0.15) is 0 Å². The maximum atomic E-state index is 5.32. The molecular weight excluding hydrogens is 138 g/mol. The van der Waals surface area contributed by atoms with E-state index in [1.54, 1.807) is 0 Å². The predicted octanol–water partition coefficient (Wildman–Crippen LogP) is 1.88. The summed E-state index contributed by atoms with van der Waals surface area (Å²) < 4.78 is 5.32. The summed E-state index contributed by atoms with van der Waals surface area (Å²) >= 11 is 0. The van der Waals surface area contributed by atoms with Gasteiger partial charge < -0.3 is 9.64 Å². The Balaban J connectivity index is 3.08. The Bertz CT molecular complexity index is 110. The van der Waals surface area contributed by atoms with Gasteiger partial charge >= 0.3 is 0 Å². The molecule has 0 aromatic carbocycles. The Hall–Kier alpha value is -0.500. The van der Waals surface area contributed by atoms with E-state index >= 15 is 0 Å². The summed E-state index contributed by atoms with van der Waals surface area (Å²) in [4.78, 5) is 2.15. The molecule has 0 aliphatic rings. The van der Waals surface area contributed by atoms with Gasteiger partial charge in [-0.2, -0.15) is 0 Å². The lowest BCUT2D eigenvalue weighted by Crippen LogP contribution is -2.14. The van der Waals surface area contributed by atoms with Gasteiger partial charge in [-0.05, 0) is 20.5 Å². The predicted molar refractivity (Wildman–Crippen MR) is 48.6 cm³/mol. The van der Waals surface area contributed by atoms with Gasteiger partial charge in [-0.25, -0.2) is 0 Å². The van der Waals surface area contributed by atoms with Crippen molar-refractivity contribution in [3.8, 4) is 0 Å². The zero-order valence-electron chi connectivity index (χ0n) is 7.89. The van der Waals surface area contributed by atoms with Crippen LogP contribution < -0.4 is 0 Å². The summed E-state index contributed by atoms with van der Waals surface area (Å²) in [6.07, 6.45) is 1.99. The Morgan fingerprint density at radius 3 is 2.55 bits per heavy atom. The summed E-state index contributed by atoms with van der Waals surface area (Å²) in [5.41, 5.74) is 0. The number of hydrogen-bond donors (Lipinski definition) is 0. The molecule has 0 fully saturated rings. The minimum atomic E-state index is 0.796. The minimum absolute atomic E-state index is 0.796. The fourth-order valence-electron chi connectivity index (χ4n) is 0.699. The van der Waals surface area contributed by atoms with Crippen molar-refractivity contribution in [2.45, 2.75) is 19.8 Å². The van der Waals surface area contributed by atoms with Crippen LogP contribution in [-0.4, -0.2) is 32.1 Å². The first-order chi connectivity index (χ1) is 5.16. The van der Waals surface area contributed by atoms with Crippen molar-refractivity contribution >= 4 is 0 Å². The Labute approximate surface area is 69.8 Å². The zero-order chi connectivity index (χ0) is 8.69. The third-order valence-electron chi connectivity index (χ3n) is 1.45. The normalized spacial score (nSPS) is 10.2. The van der Waals surface area contributed by atoms with Gasteiger partial charge in [0, 0.05) is 13.0 Å². The molecule has 2 heteroatoms. The first-order valence-corrected chi connectivity index (χ1v) is 4.12. The fourth-order valence-corrected chi connectivity index (χ4v) is 0.699. The first-order valence-electron chi connectivity index (χ1n) is 4.12. The van der Waals surface area contributed by atoms with Crippen LogP contribution in [0.4, 0.5) is 0 Å². The van der Waals surface area contributed by atoms with Crippen LogP contribution in [0.5, 0.6) is 0 Å². The molecule has 0 unspecified atom stereocenters. The molecule has 0 saturated carbocycles. The third-order valence-corrected chi connectivity index (χ3v) is 1.45. The molecule has 0 rings (SSSR count). The van der Waals surface area contributed by atoms with Gasteiger partial charge in [0.2, 0.25) is 0 Å². The fraction of sp³-hybridized carbons (Fsp3) is 0.778. The largest absolute Gasteiger partial charge is 0.499 e. The molecule has 0 aliphatic carbocycles. The Kier molecular flexibility index (Phi) is 5.94. The van der Waals surface area contributed by atoms with Gasteiger partial charge in [0.05, 0.1) is 12.4 Å². The van der Waals surface area contributed by atoms with Crippen molar-refractivity contribution in [3.63, 3.8) is 0 Å². The summed E-state index contributed by atoms with van der Waals surface area (Å²) in [6, 6.07) is 0. The topological polar surface area (TPSA) is 12.5 Å². The van der Waals surface area contributed by atoms with E-state index in [-0.39, 0.29) is 0 Å². The average Bonchev–Trinajstić information content (AvgIpc) is 1.97. The lowest BCUT2D eigenvalue weighted by atomic mass is 10.4. The molecule has 0 atom stereocenters. The van der Waals surface area contributed by atoms with E-state index in [4.69, 9.17) is 4.74 Å². The number of ether oxygens (including phenoxy) is 1. The molecule has 0 aromatic rings. The van der Waals surface area contributed by atoms with Crippen LogP contribution in [0.3, 0.4) is 0 Å². The van der Waals surface area contributed by atoms with E-state index in [2.05, 4.69) is 25.6 Å². The molecule has 2 nitrogen and oxygen atoms in total. The van der Waals surface area contributed by atoms with Gasteiger partial charge in [-0.15, -0.1) is 0 Å². The Morgan fingerprint density at radius 1 is 1.45 bits per heavy atom. The summed E-state index contributed by atoms with van der Waals surface area (Å²) in [7, 11) is 4.13. The maximum Gasteiger partial charge on any atom is 0.0889 e. The van der Waals surface area contributed by atoms with Crippen LogP contribution in [0, 0.1) is 0 Å². The van der Waals surface area contributed by atoms with Gasteiger partial charge in [-0.1, -0.05) is 13.5 Å². The molecule has 66 valence electrons. The molecule has 0 radical (unpaired) electrons. The third kappa shape index (κ3) is 7.40. The lowest BCUT2D eigenvalue weighted by Gasteiger charge is -2.10. The van der Waals surface area contributed by atoms with E-state index in [1.165, 1.54) is 0 Å². The van der Waals surface area contributed by atoms with E-state index in [9.17, 15) is 0 Å². The molecule has 0 amide bonds. The standard InChI is InChI=1S/C9H19NO/c1-5-9(2)11-8-6-7-10(3)4/h2,5-8H2,1,3-4H3.